The third kappa shape index (κ3) is 5.16. The first-order chi connectivity index (χ1) is 17.9. The van der Waals surface area contributed by atoms with Crippen LogP contribution in [0, 0.1) is 22.7 Å². The molecule has 3 aliphatic carbocycles. The lowest BCUT2D eigenvalue weighted by atomic mass is 9.72. The van der Waals surface area contributed by atoms with Crippen LogP contribution in [0.2, 0.25) is 0 Å². The molecule has 0 aromatic heterocycles. The Hall–Kier alpha value is -3.14. The second kappa shape index (κ2) is 10.7. The van der Waals surface area contributed by atoms with E-state index >= 15 is 0 Å². The molecule has 3 unspecified atom stereocenters. The van der Waals surface area contributed by atoms with Crippen LogP contribution in [-0.2, 0) is 20.8 Å². The van der Waals surface area contributed by atoms with E-state index in [4.69, 9.17) is 4.74 Å². The van der Waals surface area contributed by atoms with Crippen molar-refractivity contribution >= 4 is 23.7 Å². The van der Waals surface area contributed by atoms with Crippen molar-refractivity contribution in [2.24, 2.45) is 11.3 Å². The Morgan fingerprint density at radius 2 is 2.03 bits per heavy atom. The molecule has 1 aliphatic heterocycles. The highest BCUT2D eigenvalue weighted by atomic mass is 16.5. The zero-order valence-electron chi connectivity index (χ0n) is 21.8. The molecule has 0 radical (unpaired) electrons. The van der Waals surface area contributed by atoms with Gasteiger partial charge in [0.1, 0.15) is 23.6 Å². The molecule has 1 aromatic rings. The normalized spacial score (nSPS) is 25.2. The van der Waals surface area contributed by atoms with Crippen molar-refractivity contribution in [1.82, 2.24) is 10.2 Å². The lowest BCUT2D eigenvalue weighted by molar-refractivity contribution is -0.136. The fraction of sp³-hybridized carbons (Fsp3) is 0.600. The van der Waals surface area contributed by atoms with Gasteiger partial charge >= 0.3 is 0 Å². The number of nitriles is 1. The van der Waals surface area contributed by atoms with Crippen LogP contribution in [0.4, 0.5) is 0 Å². The Labute approximate surface area is 219 Å². The van der Waals surface area contributed by atoms with Gasteiger partial charge in [0.15, 0.2) is 0 Å². The summed E-state index contributed by atoms with van der Waals surface area (Å²) >= 11 is 0. The van der Waals surface area contributed by atoms with Crippen molar-refractivity contribution in [3.05, 3.63) is 34.9 Å². The molecule has 1 spiro atoms. The fourth-order valence-electron chi connectivity index (χ4n) is 7.01. The van der Waals surface area contributed by atoms with Gasteiger partial charge in [-0.25, -0.2) is 0 Å². The summed E-state index contributed by atoms with van der Waals surface area (Å²) in [6.07, 6.45) is 12.1. The largest absolute Gasteiger partial charge is 0.496 e. The van der Waals surface area contributed by atoms with Crippen molar-refractivity contribution in [3.63, 3.8) is 0 Å². The van der Waals surface area contributed by atoms with Gasteiger partial charge in [0.05, 0.1) is 13.2 Å². The maximum absolute atomic E-state index is 13.9. The molecule has 7 heteroatoms. The molecule has 3 atom stereocenters. The van der Waals surface area contributed by atoms with Crippen LogP contribution in [0.5, 0.6) is 5.75 Å². The fourth-order valence-corrected chi connectivity index (χ4v) is 7.01. The summed E-state index contributed by atoms with van der Waals surface area (Å²) in [7, 11) is 1.63. The van der Waals surface area contributed by atoms with E-state index in [-0.39, 0.29) is 28.9 Å². The molecule has 196 valence electrons. The number of hydrogen-bond donors (Lipinski definition) is 1. The standard InChI is InChI=1S/C30H37N3O4/c1-37-27-11-7-9-20-14-22(16-24(20)27)29(36)33-19-30(12-5-2-6-13-30)17-25(33)28(35)32-23(18-31)15-21-8-3-4-10-26(21)34/h7,9,11,16,21,23,25H,2-6,8,10,12-15,17,19H2,1H3,(H,32,35). The minimum Gasteiger partial charge on any atom is -0.496 e. The first kappa shape index (κ1) is 25.5. The SMILES string of the molecule is COc1cccc2c1C=C(C(=O)N1CC3(CCCCC3)CC1C(=O)NC(C#N)CC1CCCCC1=O)C2. The number of fused-ring (bicyclic) bond motifs is 1. The van der Waals surface area contributed by atoms with Gasteiger partial charge in [-0.3, -0.25) is 14.4 Å². The first-order valence-corrected chi connectivity index (χ1v) is 13.8. The van der Waals surface area contributed by atoms with Gasteiger partial charge in [0.25, 0.3) is 5.91 Å². The molecule has 7 nitrogen and oxygen atoms in total. The van der Waals surface area contributed by atoms with E-state index in [1.165, 1.54) is 6.42 Å². The lowest BCUT2D eigenvalue weighted by Crippen LogP contribution is -2.49. The smallest absolute Gasteiger partial charge is 0.250 e. The number of methoxy groups -OCH3 is 1. The number of nitrogens with zero attached hydrogens (tertiary/aromatic N) is 2. The van der Waals surface area contributed by atoms with Gasteiger partial charge in [-0.15, -0.1) is 0 Å². The van der Waals surface area contributed by atoms with Crippen LogP contribution in [0.1, 0.15) is 81.8 Å². The topological polar surface area (TPSA) is 99.5 Å². The molecule has 4 aliphatic rings. The summed E-state index contributed by atoms with van der Waals surface area (Å²) in [5.74, 6) is 0.412. The minimum absolute atomic E-state index is 0.0406. The van der Waals surface area contributed by atoms with Gasteiger partial charge in [0, 0.05) is 36.4 Å². The number of likely N-dealkylation sites (tertiary alicyclic amines) is 1. The molecule has 1 heterocycles. The number of nitrogens with one attached hydrogen (secondary N) is 1. The molecular formula is C30H37N3O4. The second-order valence-corrected chi connectivity index (χ2v) is 11.4. The van der Waals surface area contributed by atoms with Crippen molar-refractivity contribution in [2.75, 3.05) is 13.7 Å². The van der Waals surface area contributed by atoms with Gasteiger partial charge in [-0.2, -0.15) is 5.26 Å². The summed E-state index contributed by atoms with van der Waals surface area (Å²) in [4.78, 5) is 41.6. The average Bonchev–Trinajstić information content (AvgIpc) is 3.51. The molecule has 2 saturated carbocycles. The highest BCUT2D eigenvalue weighted by Crippen LogP contribution is 2.47. The minimum atomic E-state index is -0.724. The molecule has 37 heavy (non-hydrogen) atoms. The van der Waals surface area contributed by atoms with E-state index in [0.717, 1.165) is 61.8 Å². The number of ketones is 1. The summed E-state index contributed by atoms with van der Waals surface area (Å²) in [6, 6.07) is 6.72. The van der Waals surface area contributed by atoms with E-state index < -0.39 is 12.1 Å². The van der Waals surface area contributed by atoms with Crippen LogP contribution in [-0.4, -0.2) is 48.2 Å². The van der Waals surface area contributed by atoms with Crippen molar-refractivity contribution < 1.29 is 19.1 Å². The monoisotopic (exact) mass is 503 g/mol. The van der Waals surface area contributed by atoms with Crippen molar-refractivity contribution in [1.29, 1.82) is 5.26 Å². The maximum atomic E-state index is 13.9. The number of ether oxygens (including phenoxy) is 1. The summed E-state index contributed by atoms with van der Waals surface area (Å²) in [5.41, 5.74) is 2.62. The second-order valence-electron chi connectivity index (χ2n) is 11.4. The number of rotatable bonds is 6. The lowest BCUT2D eigenvalue weighted by Gasteiger charge is -2.33. The van der Waals surface area contributed by atoms with Gasteiger partial charge in [-0.05, 0) is 61.6 Å². The van der Waals surface area contributed by atoms with E-state index in [0.29, 0.717) is 37.8 Å². The van der Waals surface area contributed by atoms with Crippen LogP contribution in [0.15, 0.2) is 23.8 Å². The Morgan fingerprint density at radius 1 is 1.22 bits per heavy atom. The third-order valence-electron chi connectivity index (χ3n) is 9.01. The van der Waals surface area contributed by atoms with Crippen LogP contribution >= 0.6 is 0 Å². The van der Waals surface area contributed by atoms with Gasteiger partial charge in [-0.1, -0.05) is 37.8 Å². The summed E-state index contributed by atoms with van der Waals surface area (Å²) < 4.78 is 5.50. The summed E-state index contributed by atoms with van der Waals surface area (Å²) in [6.45, 7) is 0.576. The highest BCUT2D eigenvalue weighted by Gasteiger charge is 2.49. The van der Waals surface area contributed by atoms with Crippen molar-refractivity contribution in [2.45, 2.75) is 89.1 Å². The van der Waals surface area contributed by atoms with E-state index in [2.05, 4.69) is 11.4 Å². The Kier molecular flexibility index (Phi) is 7.37. The Morgan fingerprint density at radius 3 is 2.76 bits per heavy atom. The zero-order chi connectivity index (χ0) is 26.0. The maximum Gasteiger partial charge on any atom is 0.250 e. The average molecular weight is 504 g/mol. The number of carbonyl (C=O) groups is 3. The van der Waals surface area contributed by atoms with Crippen LogP contribution in [0.3, 0.4) is 0 Å². The Balaban J connectivity index is 1.35. The Bertz CT molecular complexity index is 1140. The summed E-state index contributed by atoms with van der Waals surface area (Å²) in [5, 5.41) is 12.7. The molecule has 1 saturated heterocycles. The van der Waals surface area contributed by atoms with E-state index in [1.54, 1.807) is 12.0 Å². The molecule has 0 bridgehead atoms. The molecule has 3 fully saturated rings. The number of benzene rings is 1. The van der Waals surface area contributed by atoms with Crippen LogP contribution < -0.4 is 10.1 Å². The predicted molar refractivity (Wildman–Crippen MR) is 139 cm³/mol. The molecule has 5 rings (SSSR count). The van der Waals surface area contributed by atoms with Gasteiger partial charge < -0.3 is 15.0 Å². The number of carbonyl (C=O) groups excluding carboxylic acids is 3. The zero-order valence-corrected chi connectivity index (χ0v) is 21.8. The first-order valence-electron chi connectivity index (χ1n) is 13.8. The van der Waals surface area contributed by atoms with Gasteiger partial charge in [0.2, 0.25) is 5.91 Å². The number of hydrogen-bond acceptors (Lipinski definition) is 5. The molecular weight excluding hydrogens is 466 g/mol. The molecule has 1 aromatic carbocycles. The number of Topliss-reactive ketones (excluding diaryl/α,β-unsaturated/α-hetero) is 1. The van der Waals surface area contributed by atoms with Crippen molar-refractivity contribution in [3.8, 4) is 11.8 Å². The molecule has 1 N–H and O–H groups in total. The molecule has 2 amide bonds. The number of amides is 2. The third-order valence-corrected chi connectivity index (χ3v) is 9.01. The van der Waals surface area contributed by atoms with E-state index in [9.17, 15) is 19.6 Å². The van der Waals surface area contributed by atoms with E-state index in [1.807, 2.05) is 24.3 Å². The predicted octanol–water partition coefficient (Wildman–Crippen LogP) is 4.34. The van der Waals surface area contributed by atoms with Crippen LogP contribution in [0.25, 0.3) is 6.08 Å². The highest BCUT2D eigenvalue weighted by molar-refractivity contribution is 6.03. The quantitative estimate of drug-likeness (QED) is 0.622.